The molecule has 2 aliphatic carbocycles. The lowest BCUT2D eigenvalue weighted by Gasteiger charge is -2.37. The molecule has 2 fully saturated rings. The molecule has 0 aliphatic heterocycles. The summed E-state index contributed by atoms with van der Waals surface area (Å²) in [5.74, 6) is 1.50. The highest BCUT2D eigenvalue weighted by Gasteiger charge is 2.34. The average Bonchev–Trinajstić information content (AvgIpc) is 2.48. The molecule has 2 rings (SSSR count). The molecule has 6 heteroatoms. The predicted molar refractivity (Wildman–Crippen MR) is 88.0 cm³/mol. The fourth-order valence-electron chi connectivity index (χ4n) is 3.15. The maximum atomic E-state index is 12.0. The molecule has 0 saturated heterocycles. The number of nitrogens with zero attached hydrogens (tertiary/aromatic N) is 1. The summed E-state index contributed by atoms with van der Waals surface area (Å²) in [6.45, 7) is 2.55. The van der Waals surface area contributed by atoms with Crippen molar-refractivity contribution < 1.29 is 9.32 Å². The first-order valence-corrected chi connectivity index (χ1v) is 9.51. The van der Waals surface area contributed by atoms with Gasteiger partial charge in [0, 0.05) is 41.4 Å². The molecule has 2 aliphatic rings. The van der Waals surface area contributed by atoms with E-state index < -0.39 is 16.4 Å². The summed E-state index contributed by atoms with van der Waals surface area (Å²) in [6, 6.07) is 0.335. The zero-order valence-electron chi connectivity index (χ0n) is 13.2. The van der Waals surface area contributed by atoms with Crippen molar-refractivity contribution in [3.05, 3.63) is 0 Å². The number of rotatable bonds is 5. The van der Waals surface area contributed by atoms with Crippen LogP contribution in [0.15, 0.2) is 4.99 Å². The van der Waals surface area contributed by atoms with Crippen LogP contribution in [-0.4, -0.2) is 51.5 Å². The standard InChI is InChI=1S/C15H29N3O2S/c1-3-21(20)13-7-4-6-12(10-13)18-14(16-2)17-11-15(19)8-5-9-15/h12-13,19H,3-11H2,1-2H3,(H2,16,17,18). The number of guanidine groups is 1. The minimum absolute atomic E-state index is 0.315. The zero-order chi connectivity index (χ0) is 15.3. The van der Waals surface area contributed by atoms with Gasteiger partial charge in [-0.25, -0.2) is 0 Å². The first-order chi connectivity index (χ1) is 10.1. The number of aliphatic imine (C=N–C) groups is 1. The third kappa shape index (κ3) is 4.68. The van der Waals surface area contributed by atoms with E-state index in [0.29, 0.717) is 17.8 Å². The Morgan fingerprint density at radius 2 is 2.14 bits per heavy atom. The number of nitrogens with one attached hydrogen (secondary N) is 2. The molecule has 3 atom stereocenters. The number of aliphatic hydroxyl groups is 1. The van der Waals surface area contributed by atoms with E-state index in [2.05, 4.69) is 15.6 Å². The van der Waals surface area contributed by atoms with Crippen molar-refractivity contribution in [1.82, 2.24) is 10.6 Å². The predicted octanol–water partition coefficient (Wildman–Crippen LogP) is 1.15. The Morgan fingerprint density at radius 1 is 1.38 bits per heavy atom. The van der Waals surface area contributed by atoms with Crippen LogP contribution < -0.4 is 10.6 Å². The summed E-state index contributed by atoms with van der Waals surface area (Å²) < 4.78 is 12.0. The van der Waals surface area contributed by atoms with Crippen LogP contribution in [0.3, 0.4) is 0 Å². The molecule has 0 radical (unpaired) electrons. The fourth-order valence-corrected chi connectivity index (χ4v) is 4.50. The van der Waals surface area contributed by atoms with E-state index in [0.717, 1.165) is 56.7 Å². The molecule has 3 unspecified atom stereocenters. The van der Waals surface area contributed by atoms with Crippen LogP contribution in [0.2, 0.25) is 0 Å². The number of hydrogen-bond acceptors (Lipinski definition) is 3. The van der Waals surface area contributed by atoms with Gasteiger partial charge >= 0.3 is 0 Å². The Labute approximate surface area is 130 Å². The maximum Gasteiger partial charge on any atom is 0.191 e. The van der Waals surface area contributed by atoms with Gasteiger partial charge in [0.25, 0.3) is 0 Å². The number of hydrogen-bond donors (Lipinski definition) is 3. The van der Waals surface area contributed by atoms with E-state index >= 15 is 0 Å². The second kappa shape index (κ2) is 7.58. The van der Waals surface area contributed by atoms with Crippen LogP contribution in [0.5, 0.6) is 0 Å². The average molecular weight is 315 g/mol. The Hall–Kier alpha value is -0.620. The van der Waals surface area contributed by atoms with Gasteiger partial charge in [0.15, 0.2) is 5.96 Å². The summed E-state index contributed by atoms with van der Waals surface area (Å²) in [5, 5.41) is 17.1. The Morgan fingerprint density at radius 3 is 2.71 bits per heavy atom. The van der Waals surface area contributed by atoms with Gasteiger partial charge in [0.1, 0.15) is 0 Å². The van der Waals surface area contributed by atoms with Crippen molar-refractivity contribution in [1.29, 1.82) is 0 Å². The van der Waals surface area contributed by atoms with Gasteiger partial charge in [-0.05, 0) is 38.5 Å². The van der Waals surface area contributed by atoms with Crippen LogP contribution in [0.1, 0.15) is 51.9 Å². The summed E-state index contributed by atoms with van der Waals surface area (Å²) in [5.41, 5.74) is -0.545. The van der Waals surface area contributed by atoms with Crippen LogP contribution in [0.25, 0.3) is 0 Å². The van der Waals surface area contributed by atoms with Crippen molar-refractivity contribution in [2.75, 3.05) is 19.3 Å². The normalized spacial score (nSPS) is 30.3. The lowest BCUT2D eigenvalue weighted by molar-refractivity contribution is -0.0279. The van der Waals surface area contributed by atoms with E-state index in [1.165, 1.54) is 0 Å². The fraction of sp³-hybridized carbons (Fsp3) is 0.933. The van der Waals surface area contributed by atoms with Crippen molar-refractivity contribution >= 4 is 16.8 Å². The quantitative estimate of drug-likeness (QED) is 0.525. The Kier molecular flexibility index (Phi) is 6.05. The zero-order valence-corrected chi connectivity index (χ0v) is 14.0. The van der Waals surface area contributed by atoms with E-state index in [1.54, 1.807) is 7.05 Å². The minimum Gasteiger partial charge on any atom is -0.388 e. The third-order valence-electron chi connectivity index (χ3n) is 4.72. The highest BCUT2D eigenvalue weighted by atomic mass is 32.2. The topological polar surface area (TPSA) is 73.7 Å². The molecule has 0 aromatic carbocycles. The van der Waals surface area contributed by atoms with E-state index in [-0.39, 0.29) is 0 Å². The highest BCUT2D eigenvalue weighted by Crippen LogP contribution is 2.30. The van der Waals surface area contributed by atoms with Crippen LogP contribution in [-0.2, 0) is 10.8 Å². The Bertz CT molecular complexity index is 396. The van der Waals surface area contributed by atoms with Crippen molar-refractivity contribution in [2.24, 2.45) is 4.99 Å². The minimum atomic E-state index is -0.701. The molecule has 2 saturated carbocycles. The van der Waals surface area contributed by atoms with Crippen LogP contribution in [0.4, 0.5) is 0 Å². The van der Waals surface area contributed by atoms with Gasteiger partial charge in [-0.15, -0.1) is 0 Å². The monoisotopic (exact) mass is 315 g/mol. The summed E-state index contributed by atoms with van der Waals surface area (Å²) in [7, 11) is 1.05. The van der Waals surface area contributed by atoms with Gasteiger partial charge in [-0.1, -0.05) is 13.3 Å². The molecule has 3 N–H and O–H groups in total. The summed E-state index contributed by atoms with van der Waals surface area (Å²) in [4.78, 5) is 4.24. The largest absolute Gasteiger partial charge is 0.388 e. The summed E-state index contributed by atoms with van der Waals surface area (Å²) in [6.07, 6.45) is 7.10. The molecule has 0 amide bonds. The smallest absolute Gasteiger partial charge is 0.191 e. The van der Waals surface area contributed by atoms with Gasteiger partial charge in [0.05, 0.1) is 5.60 Å². The molecule has 21 heavy (non-hydrogen) atoms. The van der Waals surface area contributed by atoms with Crippen molar-refractivity contribution in [2.45, 2.75) is 68.8 Å². The van der Waals surface area contributed by atoms with Crippen molar-refractivity contribution in [3.8, 4) is 0 Å². The molecule has 0 heterocycles. The maximum absolute atomic E-state index is 12.0. The second-order valence-corrected chi connectivity index (χ2v) is 8.31. The van der Waals surface area contributed by atoms with E-state index in [4.69, 9.17) is 0 Å². The second-order valence-electron chi connectivity index (χ2n) is 6.30. The molecule has 0 aromatic rings. The van der Waals surface area contributed by atoms with E-state index in [9.17, 15) is 9.32 Å². The van der Waals surface area contributed by atoms with Gasteiger partial charge in [0.2, 0.25) is 0 Å². The molecular formula is C15H29N3O2S. The van der Waals surface area contributed by atoms with Gasteiger partial charge in [-0.3, -0.25) is 9.20 Å². The highest BCUT2D eigenvalue weighted by molar-refractivity contribution is 7.85. The van der Waals surface area contributed by atoms with E-state index in [1.807, 2.05) is 6.92 Å². The summed E-state index contributed by atoms with van der Waals surface area (Å²) >= 11 is 0. The van der Waals surface area contributed by atoms with Crippen LogP contribution in [0, 0.1) is 0 Å². The van der Waals surface area contributed by atoms with Crippen LogP contribution >= 0.6 is 0 Å². The first kappa shape index (κ1) is 16.7. The lowest BCUT2D eigenvalue weighted by atomic mass is 9.80. The SMILES string of the molecule is CCS(=O)C1CCCC(NC(=NC)NCC2(O)CCC2)C1. The molecule has 0 bridgehead atoms. The first-order valence-electron chi connectivity index (χ1n) is 8.13. The molecule has 122 valence electrons. The Balaban J connectivity index is 1.79. The molecule has 0 aromatic heterocycles. The third-order valence-corrected chi connectivity index (χ3v) is 6.46. The van der Waals surface area contributed by atoms with Crippen molar-refractivity contribution in [3.63, 3.8) is 0 Å². The van der Waals surface area contributed by atoms with Gasteiger partial charge in [-0.2, -0.15) is 0 Å². The lowest BCUT2D eigenvalue weighted by Crippen LogP contribution is -2.53. The molecule has 5 nitrogen and oxygen atoms in total. The molecule has 0 spiro atoms. The molecular weight excluding hydrogens is 286 g/mol. The van der Waals surface area contributed by atoms with Gasteiger partial charge < -0.3 is 15.7 Å².